The number of halogens is 1. The Kier molecular flexibility index (Phi) is 5.05. The first kappa shape index (κ1) is 17.9. The van der Waals surface area contributed by atoms with Gasteiger partial charge >= 0.3 is 0 Å². The molecule has 0 aliphatic carbocycles. The molecule has 27 heavy (non-hydrogen) atoms. The van der Waals surface area contributed by atoms with Crippen LogP contribution in [0.4, 0.5) is 11.4 Å². The fourth-order valence-electron chi connectivity index (χ4n) is 3.53. The largest absolute Gasteiger partial charge is 0.381 e. The van der Waals surface area contributed by atoms with E-state index in [9.17, 15) is 4.79 Å². The fourth-order valence-corrected chi connectivity index (χ4v) is 3.79. The van der Waals surface area contributed by atoms with Crippen LogP contribution in [0, 0.1) is 0 Å². The summed E-state index contributed by atoms with van der Waals surface area (Å²) in [6, 6.07) is 13.8. The zero-order valence-corrected chi connectivity index (χ0v) is 16.0. The Hall–Kier alpha value is -2.50. The number of para-hydroxylation sites is 2. The lowest BCUT2D eigenvalue weighted by Crippen LogP contribution is -2.36. The van der Waals surface area contributed by atoms with Crippen molar-refractivity contribution in [3.63, 3.8) is 0 Å². The van der Waals surface area contributed by atoms with E-state index in [0.717, 1.165) is 48.2 Å². The number of H-pyrrole nitrogens is 1. The zero-order chi connectivity index (χ0) is 18.8. The summed E-state index contributed by atoms with van der Waals surface area (Å²) in [5.74, 6) is -0.214. The number of benzene rings is 2. The molecule has 2 aromatic carbocycles. The van der Waals surface area contributed by atoms with Crippen molar-refractivity contribution >= 4 is 39.8 Å². The molecule has 0 spiro atoms. The average molecular weight is 383 g/mol. The van der Waals surface area contributed by atoms with Crippen molar-refractivity contribution in [2.24, 2.45) is 0 Å². The van der Waals surface area contributed by atoms with Gasteiger partial charge in [0.05, 0.1) is 22.0 Å². The summed E-state index contributed by atoms with van der Waals surface area (Å²) in [5.41, 5.74) is 3.06. The van der Waals surface area contributed by atoms with Gasteiger partial charge in [-0.1, -0.05) is 23.7 Å². The summed E-state index contributed by atoms with van der Waals surface area (Å²) < 4.78 is 0. The monoisotopic (exact) mass is 382 g/mol. The highest BCUT2D eigenvalue weighted by molar-refractivity contribution is 6.35. The molecule has 0 atom stereocenters. The van der Waals surface area contributed by atoms with Crippen LogP contribution in [-0.2, 0) is 0 Å². The molecule has 1 amide bonds. The van der Waals surface area contributed by atoms with Crippen molar-refractivity contribution in [2.45, 2.75) is 18.9 Å². The SMILES string of the molecule is CN1CCC(Nc2ccccc2NC(=O)c2cc3[nH]ccc3cc2Cl)CC1. The van der Waals surface area contributed by atoms with Crippen molar-refractivity contribution in [3.8, 4) is 0 Å². The zero-order valence-electron chi connectivity index (χ0n) is 15.3. The molecule has 1 aliphatic heterocycles. The predicted molar refractivity (Wildman–Crippen MR) is 112 cm³/mol. The van der Waals surface area contributed by atoms with Crippen molar-refractivity contribution in [2.75, 3.05) is 30.8 Å². The number of amides is 1. The number of nitrogens with one attached hydrogen (secondary N) is 3. The van der Waals surface area contributed by atoms with Gasteiger partial charge in [-0.15, -0.1) is 0 Å². The molecular formula is C21H23ClN4O. The van der Waals surface area contributed by atoms with Crippen molar-refractivity contribution < 1.29 is 4.79 Å². The van der Waals surface area contributed by atoms with Crippen LogP contribution < -0.4 is 10.6 Å². The van der Waals surface area contributed by atoms with E-state index in [-0.39, 0.29) is 5.91 Å². The van der Waals surface area contributed by atoms with Gasteiger partial charge < -0.3 is 20.5 Å². The van der Waals surface area contributed by atoms with Gasteiger partial charge in [0, 0.05) is 23.1 Å². The third-order valence-corrected chi connectivity index (χ3v) is 5.45. The smallest absolute Gasteiger partial charge is 0.257 e. The van der Waals surface area contributed by atoms with E-state index in [4.69, 9.17) is 11.6 Å². The number of likely N-dealkylation sites (tertiary alicyclic amines) is 1. The number of nitrogens with zero attached hydrogens (tertiary/aromatic N) is 1. The van der Waals surface area contributed by atoms with E-state index in [1.807, 2.05) is 42.6 Å². The molecule has 1 aromatic heterocycles. The van der Waals surface area contributed by atoms with Crippen LogP contribution in [0.25, 0.3) is 10.9 Å². The summed E-state index contributed by atoms with van der Waals surface area (Å²) >= 11 is 6.34. The average Bonchev–Trinajstić information content (AvgIpc) is 3.11. The number of aromatic nitrogens is 1. The van der Waals surface area contributed by atoms with Gasteiger partial charge in [0.25, 0.3) is 5.91 Å². The Labute approximate surface area is 163 Å². The number of anilines is 2. The molecule has 1 fully saturated rings. The van der Waals surface area contributed by atoms with Crippen LogP contribution in [0.15, 0.2) is 48.7 Å². The van der Waals surface area contributed by atoms with Gasteiger partial charge in [-0.05, 0) is 63.3 Å². The van der Waals surface area contributed by atoms with Crippen LogP contribution in [0.1, 0.15) is 23.2 Å². The molecule has 0 radical (unpaired) electrons. The Balaban J connectivity index is 1.53. The number of carbonyl (C=O) groups excluding carboxylic acids is 1. The second kappa shape index (κ2) is 7.62. The van der Waals surface area contributed by atoms with Gasteiger partial charge in [0.15, 0.2) is 0 Å². The molecule has 5 nitrogen and oxygen atoms in total. The molecule has 0 saturated carbocycles. The Bertz CT molecular complexity index is 960. The molecule has 6 heteroatoms. The molecule has 0 bridgehead atoms. The summed E-state index contributed by atoms with van der Waals surface area (Å²) in [4.78, 5) is 18.3. The normalized spacial score (nSPS) is 15.8. The van der Waals surface area contributed by atoms with Gasteiger partial charge in [0.2, 0.25) is 0 Å². The van der Waals surface area contributed by atoms with Gasteiger partial charge in [-0.25, -0.2) is 0 Å². The topological polar surface area (TPSA) is 60.2 Å². The van der Waals surface area contributed by atoms with Gasteiger partial charge in [0.1, 0.15) is 0 Å². The fraction of sp³-hybridized carbons (Fsp3) is 0.286. The number of carbonyl (C=O) groups is 1. The predicted octanol–water partition coefficient (Wildman–Crippen LogP) is 4.58. The van der Waals surface area contributed by atoms with Gasteiger partial charge in [-0.2, -0.15) is 0 Å². The number of piperidine rings is 1. The number of aromatic amines is 1. The van der Waals surface area contributed by atoms with E-state index in [1.54, 1.807) is 6.07 Å². The molecule has 0 unspecified atom stereocenters. The lowest BCUT2D eigenvalue weighted by atomic mass is 10.0. The molecule has 140 valence electrons. The number of fused-ring (bicyclic) bond motifs is 1. The van der Waals surface area contributed by atoms with E-state index < -0.39 is 0 Å². The number of hydrogen-bond acceptors (Lipinski definition) is 3. The van der Waals surface area contributed by atoms with Crippen LogP contribution in [0.2, 0.25) is 5.02 Å². The first-order valence-electron chi connectivity index (χ1n) is 9.22. The minimum Gasteiger partial charge on any atom is -0.381 e. The van der Waals surface area contributed by atoms with Crippen LogP contribution >= 0.6 is 11.6 Å². The molecule has 4 rings (SSSR count). The maximum atomic E-state index is 12.8. The van der Waals surface area contributed by atoms with E-state index in [2.05, 4.69) is 27.6 Å². The quantitative estimate of drug-likeness (QED) is 0.619. The van der Waals surface area contributed by atoms with Crippen LogP contribution in [0.3, 0.4) is 0 Å². The Morgan fingerprint density at radius 3 is 2.67 bits per heavy atom. The number of rotatable bonds is 4. The highest BCUT2D eigenvalue weighted by Gasteiger charge is 2.18. The molecule has 1 saturated heterocycles. The Morgan fingerprint density at radius 1 is 1.15 bits per heavy atom. The standard InChI is InChI=1S/C21H23ClN4O/c1-26-10-7-15(8-11-26)24-18-4-2-3-5-19(18)25-21(27)16-13-20-14(6-9-23-20)12-17(16)22/h2-6,9,12-13,15,23-24H,7-8,10-11H2,1H3,(H,25,27). The van der Waals surface area contributed by atoms with Crippen LogP contribution in [-0.4, -0.2) is 42.0 Å². The maximum absolute atomic E-state index is 12.8. The third kappa shape index (κ3) is 3.94. The summed E-state index contributed by atoms with van der Waals surface area (Å²) in [7, 11) is 2.15. The maximum Gasteiger partial charge on any atom is 0.257 e. The lowest BCUT2D eigenvalue weighted by molar-refractivity contribution is 0.102. The molecular weight excluding hydrogens is 360 g/mol. The summed E-state index contributed by atoms with van der Waals surface area (Å²) in [5, 5.41) is 8.03. The highest BCUT2D eigenvalue weighted by atomic mass is 35.5. The first-order valence-corrected chi connectivity index (χ1v) is 9.60. The lowest BCUT2D eigenvalue weighted by Gasteiger charge is -2.30. The van der Waals surface area contributed by atoms with Crippen LogP contribution in [0.5, 0.6) is 0 Å². The minimum absolute atomic E-state index is 0.214. The second-order valence-electron chi connectivity index (χ2n) is 7.12. The third-order valence-electron chi connectivity index (χ3n) is 5.14. The Morgan fingerprint density at radius 2 is 1.89 bits per heavy atom. The van der Waals surface area contributed by atoms with E-state index in [0.29, 0.717) is 16.6 Å². The number of hydrogen-bond donors (Lipinski definition) is 3. The van der Waals surface area contributed by atoms with Gasteiger partial charge in [-0.3, -0.25) is 4.79 Å². The molecule has 3 aromatic rings. The summed E-state index contributed by atoms with van der Waals surface area (Å²) in [6.07, 6.45) is 4.02. The molecule has 1 aliphatic rings. The molecule has 2 heterocycles. The van der Waals surface area contributed by atoms with E-state index in [1.165, 1.54) is 0 Å². The minimum atomic E-state index is -0.214. The van der Waals surface area contributed by atoms with Crippen molar-refractivity contribution in [3.05, 3.63) is 59.2 Å². The van der Waals surface area contributed by atoms with E-state index >= 15 is 0 Å². The second-order valence-corrected chi connectivity index (χ2v) is 7.53. The van der Waals surface area contributed by atoms with Crippen molar-refractivity contribution in [1.82, 2.24) is 9.88 Å². The summed E-state index contributed by atoms with van der Waals surface area (Å²) in [6.45, 7) is 2.16. The van der Waals surface area contributed by atoms with Crippen molar-refractivity contribution in [1.29, 1.82) is 0 Å². The molecule has 3 N–H and O–H groups in total. The first-order chi connectivity index (χ1) is 13.1. The highest BCUT2D eigenvalue weighted by Crippen LogP contribution is 2.27.